The minimum absolute atomic E-state index is 0.0635. The Labute approximate surface area is 196 Å². The molecule has 34 heavy (non-hydrogen) atoms. The van der Waals surface area contributed by atoms with Gasteiger partial charge in [0, 0.05) is 28.6 Å². The Bertz CT molecular complexity index is 1420. The number of amides is 2. The van der Waals surface area contributed by atoms with Gasteiger partial charge in [-0.2, -0.15) is 0 Å². The molecule has 1 aliphatic rings. The Morgan fingerprint density at radius 2 is 1.85 bits per heavy atom. The van der Waals surface area contributed by atoms with Crippen LogP contribution in [0.25, 0.3) is 22.0 Å². The van der Waals surface area contributed by atoms with Gasteiger partial charge in [-0.05, 0) is 41.5 Å². The Morgan fingerprint density at radius 1 is 1.12 bits per heavy atom. The third-order valence-corrected chi connectivity index (χ3v) is 6.74. The van der Waals surface area contributed by atoms with E-state index in [9.17, 15) is 24.1 Å². The number of hydrogen-bond donors (Lipinski definition) is 2. The maximum absolute atomic E-state index is 14.0. The van der Waals surface area contributed by atoms with Crippen LogP contribution in [0.3, 0.4) is 0 Å². The average Bonchev–Trinajstić information content (AvgIpc) is 3.40. The van der Waals surface area contributed by atoms with Gasteiger partial charge in [-0.15, -0.1) is 11.8 Å². The van der Waals surface area contributed by atoms with Gasteiger partial charge < -0.3 is 4.98 Å². The molecule has 0 spiro atoms. The number of thioether (sulfide) groups is 1. The quantitative estimate of drug-likeness (QED) is 0.318. The number of halogens is 1. The summed E-state index contributed by atoms with van der Waals surface area (Å²) in [6.07, 6.45) is 0. The summed E-state index contributed by atoms with van der Waals surface area (Å²) >= 11 is 1.30. The first-order valence-electron chi connectivity index (χ1n) is 10.3. The van der Waals surface area contributed by atoms with E-state index in [4.69, 9.17) is 0 Å². The molecule has 1 aliphatic heterocycles. The molecule has 170 valence electrons. The van der Waals surface area contributed by atoms with Gasteiger partial charge in [-0.1, -0.05) is 30.3 Å². The summed E-state index contributed by atoms with van der Waals surface area (Å²) in [7, 11) is 0. The molecule has 2 amide bonds. The molecule has 0 aliphatic carbocycles. The standard InChI is InChI=1S/C24H17FN4O4S/c25-16-8-11-19-18(12-16)21(14-4-2-1-3-5-14)22(26-19)23(31)27-28-20(30)13-34-24(28)15-6-9-17(10-7-15)29(32)33/h1-12,24,26H,13H2,(H,27,31). The van der Waals surface area contributed by atoms with Crippen molar-refractivity contribution in [2.24, 2.45) is 0 Å². The highest BCUT2D eigenvalue weighted by atomic mass is 32.2. The molecule has 1 saturated heterocycles. The van der Waals surface area contributed by atoms with Crippen molar-refractivity contribution in [1.82, 2.24) is 15.4 Å². The van der Waals surface area contributed by atoms with Gasteiger partial charge in [0.25, 0.3) is 17.5 Å². The SMILES string of the molecule is O=C(NN1C(=O)CSC1c1ccc([N+](=O)[O-])cc1)c1[nH]c2ccc(F)cc2c1-c1ccccc1. The predicted octanol–water partition coefficient (Wildman–Crippen LogP) is 4.80. The van der Waals surface area contributed by atoms with Crippen LogP contribution in [0.5, 0.6) is 0 Å². The van der Waals surface area contributed by atoms with Crippen LogP contribution in [-0.2, 0) is 4.79 Å². The van der Waals surface area contributed by atoms with Crippen LogP contribution < -0.4 is 5.43 Å². The summed E-state index contributed by atoms with van der Waals surface area (Å²) in [6, 6.07) is 19.2. The molecule has 3 aromatic carbocycles. The number of non-ortho nitro benzene ring substituents is 1. The van der Waals surface area contributed by atoms with Crippen LogP contribution in [-0.4, -0.2) is 32.5 Å². The van der Waals surface area contributed by atoms with Crippen molar-refractivity contribution in [1.29, 1.82) is 0 Å². The van der Waals surface area contributed by atoms with Crippen molar-refractivity contribution in [3.8, 4) is 11.1 Å². The highest BCUT2D eigenvalue weighted by Gasteiger charge is 2.35. The van der Waals surface area contributed by atoms with E-state index in [1.54, 1.807) is 18.2 Å². The summed E-state index contributed by atoms with van der Waals surface area (Å²) in [5.74, 6) is -1.14. The van der Waals surface area contributed by atoms with E-state index in [-0.39, 0.29) is 23.0 Å². The van der Waals surface area contributed by atoms with Crippen LogP contribution >= 0.6 is 11.8 Å². The summed E-state index contributed by atoms with van der Waals surface area (Å²) in [5.41, 5.74) is 5.28. The molecule has 10 heteroatoms. The number of rotatable bonds is 5. The second-order valence-corrected chi connectivity index (χ2v) is 8.72. The third-order valence-electron chi connectivity index (χ3n) is 5.53. The maximum atomic E-state index is 14.0. The normalized spacial score (nSPS) is 15.6. The average molecular weight is 476 g/mol. The van der Waals surface area contributed by atoms with Crippen LogP contribution in [0.2, 0.25) is 0 Å². The van der Waals surface area contributed by atoms with E-state index in [1.165, 1.54) is 41.0 Å². The number of nitrogens with one attached hydrogen (secondary N) is 2. The van der Waals surface area contributed by atoms with Gasteiger partial charge in [0.2, 0.25) is 0 Å². The number of benzene rings is 3. The number of nitro benzene ring substituents is 1. The minimum Gasteiger partial charge on any atom is -0.350 e. The maximum Gasteiger partial charge on any atom is 0.286 e. The van der Waals surface area contributed by atoms with Gasteiger partial charge in [0.15, 0.2) is 0 Å². The van der Waals surface area contributed by atoms with Crippen LogP contribution in [0.1, 0.15) is 21.4 Å². The van der Waals surface area contributed by atoms with Crippen molar-refractivity contribution in [3.05, 3.63) is 100.0 Å². The third kappa shape index (κ3) is 3.88. The van der Waals surface area contributed by atoms with Crippen molar-refractivity contribution in [3.63, 3.8) is 0 Å². The topological polar surface area (TPSA) is 108 Å². The molecule has 1 unspecified atom stereocenters. The molecule has 2 heterocycles. The van der Waals surface area contributed by atoms with E-state index in [1.807, 2.05) is 30.3 Å². The number of hydrazine groups is 1. The Hall–Kier alpha value is -4.18. The fourth-order valence-corrected chi connectivity index (χ4v) is 5.06. The smallest absolute Gasteiger partial charge is 0.286 e. The van der Waals surface area contributed by atoms with E-state index in [0.717, 1.165) is 5.56 Å². The number of nitrogens with zero attached hydrogens (tertiary/aromatic N) is 2. The summed E-state index contributed by atoms with van der Waals surface area (Å²) < 4.78 is 14.0. The Kier molecular flexibility index (Phi) is 5.50. The summed E-state index contributed by atoms with van der Waals surface area (Å²) in [4.78, 5) is 39.5. The number of nitro groups is 1. The molecule has 5 rings (SSSR count). The first-order valence-corrected chi connectivity index (χ1v) is 11.3. The van der Waals surface area contributed by atoms with E-state index in [0.29, 0.717) is 22.0 Å². The summed E-state index contributed by atoms with van der Waals surface area (Å²) in [6.45, 7) is 0. The fourth-order valence-electron chi connectivity index (χ4n) is 3.96. The Balaban J connectivity index is 1.50. The number of aromatic amines is 1. The minimum atomic E-state index is -0.557. The number of fused-ring (bicyclic) bond motifs is 1. The monoisotopic (exact) mass is 476 g/mol. The van der Waals surface area contributed by atoms with Gasteiger partial charge in [0.1, 0.15) is 16.9 Å². The molecular formula is C24H17FN4O4S. The molecule has 4 aromatic rings. The second kappa shape index (κ2) is 8.64. The second-order valence-electron chi connectivity index (χ2n) is 7.65. The first kappa shape index (κ1) is 21.7. The molecular weight excluding hydrogens is 459 g/mol. The van der Waals surface area contributed by atoms with Gasteiger partial charge in [-0.3, -0.25) is 25.1 Å². The van der Waals surface area contributed by atoms with Crippen molar-refractivity contribution in [2.75, 3.05) is 5.75 Å². The molecule has 0 radical (unpaired) electrons. The molecule has 8 nitrogen and oxygen atoms in total. The van der Waals surface area contributed by atoms with Crippen molar-refractivity contribution < 1.29 is 18.9 Å². The fraction of sp³-hybridized carbons (Fsp3) is 0.0833. The highest BCUT2D eigenvalue weighted by molar-refractivity contribution is 8.00. The number of carbonyl (C=O) groups excluding carboxylic acids is 2. The van der Waals surface area contributed by atoms with E-state index in [2.05, 4.69) is 10.4 Å². The predicted molar refractivity (Wildman–Crippen MR) is 126 cm³/mol. The van der Waals surface area contributed by atoms with Gasteiger partial charge in [-0.25, -0.2) is 9.40 Å². The molecule has 1 fully saturated rings. The number of carbonyl (C=O) groups is 2. The first-order chi connectivity index (χ1) is 16.4. The molecule has 1 atom stereocenters. The lowest BCUT2D eigenvalue weighted by molar-refractivity contribution is -0.384. The van der Waals surface area contributed by atoms with Crippen molar-refractivity contribution >= 4 is 40.2 Å². The zero-order valence-corrected chi connectivity index (χ0v) is 18.3. The van der Waals surface area contributed by atoms with E-state index < -0.39 is 22.0 Å². The zero-order chi connectivity index (χ0) is 23.8. The highest BCUT2D eigenvalue weighted by Crippen LogP contribution is 2.38. The lowest BCUT2D eigenvalue weighted by atomic mass is 10.0. The molecule has 0 saturated carbocycles. The number of aromatic nitrogens is 1. The largest absolute Gasteiger partial charge is 0.350 e. The van der Waals surface area contributed by atoms with Gasteiger partial charge in [0.05, 0.1) is 10.7 Å². The zero-order valence-electron chi connectivity index (χ0n) is 17.5. The lowest BCUT2D eigenvalue weighted by Crippen LogP contribution is -2.44. The molecule has 2 N–H and O–H groups in total. The number of H-pyrrole nitrogens is 1. The van der Waals surface area contributed by atoms with Crippen LogP contribution in [0.4, 0.5) is 10.1 Å². The van der Waals surface area contributed by atoms with Crippen LogP contribution in [0.15, 0.2) is 72.8 Å². The van der Waals surface area contributed by atoms with Crippen LogP contribution in [0, 0.1) is 15.9 Å². The Morgan fingerprint density at radius 3 is 2.56 bits per heavy atom. The molecule has 0 bridgehead atoms. The number of hydrogen-bond acceptors (Lipinski definition) is 5. The molecule has 1 aromatic heterocycles. The lowest BCUT2D eigenvalue weighted by Gasteiger charge is -2.24. The van der Waals surface area contributed by atoms with Gasteiger partial charge >= 0.3 is 0 Å². The van der Waals surface area contributed by atoms with Crippen molar-refractivity contribution in [2.45, 2.75) is 5.37 Å². The van der Waals surface area contributed by atoms with E-state index >= 15 is 0 Å². The summed E-state index contributed by atoms with van der Waals surface area (Å²) in [5, 5.41) is 12.2.